The zero-order valence-corrected chi connectivity index (χ0v) is 17.9. The zero-order valence-electron chi connectivity index (χ0n) is 16.4. The highest BCUT2D eigenvalue weighted by Gasteiger charge is 2.23. The Kier molecular flexibility index (Phi) is 5.98. The van der Waals surface area contributed by atoms with Crippen molar-refractivity contribution in [3.63, 3.8) is 0 Å². The van der Waals surface area contributed by atoms with Crippen LogP contribution in [0.4, 0.5) is 5.69 Å². The third kappa shape index (κ3) is 4.58. The van der Waals surface area contributed by atoms with Gasteiger partial charge in [-0.2, -0.15) is 0 Å². The maximum Gasteiger partial charge on any atom is 0.265 e. The van der Waals surface area contributed by atoms with Crippen molar-refractivity contribution in [2.45, 2.75) is 13.0 Å². The number of ether oxygens (including phenoxy) is 1. The van der Waals surface area contributed by atoms with Gasteiger partial charge in [-0.3, -0.25) is 9.59 Å². The van der Waals surface area contributed by atoms with E-state index in [0.29, 0.717) is 26.9 Å². The van der Waals surface area contributed by atoms with Crippen molar-refractivity contribution in [2.75, 3.05) is 5.32 Å². The van der Waals surface area contributed by atoms with Crippen LogP contribution in [0.5, 0.6) is 5.75 Å². The number of hydrogen-bond donors (Lipinski definition) is 1. The van der Waals surface area contributed by atoms with E-state index < -0.39 is 17.4 Å². The van der Waals surface area contributed by atoms with Gasteiger partial charge in [-0.25, -0.2) is 0 Å². The molecule has 0 saturated heterocycles. The SMILES string of the molecule is CC(Oc1c(-c2ccccc2)oc2ccc(Cl)cc2c1=O)C(=O)Nc1ccc(Cl)cc1. The van der Waals surface area contributed by atoms with Gasteiger partial charge in [0.1, 0.15) is 5.58 Å². The first-order chi connectivity index (χ1) is 14.9. The second-order valence-electron chi connectivity index (χ2n) is 6.85. The second-order valence-corrected chi connectivity index (χ2v) is 7.73. The van der Waals surface area contributed by atoms with Crippen LogP contribution in [-0.4, -0.2) is 12.0 Å². The number of carbonyl (C=O) groups is 1. The summed E-state index contributed by atoms with van der Waals surface area (Å²) < 4.78 is 11.8. The Bertz CT molecular complexity index is 1300. The van der Waals surface area contributed by atoms with Gasteiger partial charge in [0.05, 0.1) is 5.39 Å². The molecule has 1 unspecified atom stereocenters. The monoisotopic (exact) mass is 453 g/mol. The summed E-state index contributed by atoms with van der Waals surface area (Å²) in [5, 5.41) is 3.96. The van der Waals surface area contributed by atoms with E-state index in [2.05, 4.69) is 5.32 Å². The maximum atomic E-state index is 13.2. The van der Waals surface area contributed by atoms with Crippen LogP contribution in [0.25, 0.3) is 22.3 Å². The molecule has 3 aromatic carbocycles. The molecule has 1 N–H and O–H groups in total. The number of benzene rings is 3. The average Bonchev–Trinajstić information content (AvgIpc) is 2.78. The lowest BCUT2D eigenvalue weighted by Gasteiger charge is -2.17. The van der Waals surface area contributed by atoms with Crippen molar-refractivity contribution < 1.29 is 13.9 Å². The number of halogens is 2. The standard InChI is InChI=1S/C24H17Cl2NO4/c1-14(24(29)27-18-10-7-16(25)8-11-18)30-23-21(28)19-13-17(26)9-12-20(19)31-22(23)15-5-3-2-4-6-15/h2-14H,1H3,(H,27,29). The van der Waals surface area contributed by atoms with Crippen LogP contribution in [0.1, 0.15) is 6.92 Å². The number of carbonyl (C=O) groups excluding carboxylic acids is 1. The quantitative estimate of drug-likeness (QED) is 0.392. The molecule has 0 aliphatic heterocycles. The summed E-state index contributed by atoms with van der Waals surface area (Å²) in [6.45, 7) is 1.56. The van der Waals surface area contributed by atoms with E-state index in [-0.39, 0.29) is 16.9 Å². The van der Waals surface area contributed by atoms with E-state index in [4.69, 9.17) is 32.4 Å². The Hall–Kier alpha value is -3.28. The fourth-order valence-electron chi connectivity index (χ4n) is 3.04. The van der Waals surface area contributed by atoms with Gasteiger partial charge >= 0.3 is 0 Å². The second kappa shape index (κ2) is 8.84. The van der Waals surface area contributed by atoms with E-state index >= 15 is 0 Å². The summed E-state index contributed by atoms with van der Waals surface area (Å²) in [5.41, 5.74) is 1.18. The molecule has 1 amide bonds. The van der Waals surface area contributed by atoms with Crippen molar-refractivity contribution in [1.29, 1.82) is 0 Å². The fraction of sp³-hybridized carbons (Fsp3) is 0.0833. The molecular weight excluding hydrogens is 437 g/mol. The number of hydrogen-bond acceptors (Lipinski definition) is 4. The van der Waals surface area contributed by atoms with Crippen LogP contribution in [0.3, 0.4) is 0 Å². The summed E-state index contributed by atoms with van der Waals surface area (Å²) in [6.07, 6.45) is -0.974. The minimum atomic E-state index is -0.974. The van der Waals surface area contributed by atoms with Gasteiger partial charge in [0.25, 0.3) is 5.91 Å². The van der Waals surface area contributed by atoms with E-state index in [1.54, 1.807) is 55.5 Å². The lowest BCUT2D eigenvalue weighted by molar-refractivity contribution is -0.122. The number of rotatable bonds is 5. The summed E-state index contributed by atoms with van der Waals surface area (Å²) in [4.78, 5) is 25.9. The Labute approximate surface area is 188 Å². The average molecular weight is 454 g/mol. The Morgan fingerprint density at radius 1 is 0.968 bits per heavy atom. The van der Waals surface area contributed by atoms with E-state index in [1.807, 2.05) is 18.2 Å². The minimum absolute atomic E-state index is 0.0558. The van der Waals surface area contributed by atoms with Gasteiger partial charge < -0.3 is 14.5 Å². The highest BCUT2D eigenvalue weighted by Crippen LogP contribution is 2.32. The third-order valence-corrected chi connectivity index (χ3v) is 5.11. The summed E-state index contributed by atoms with van der Waals surface area (Å²) in [7, 11) is 0. The van der Waals surface area contributed by atoms with Crippen LogP contribution < -0.4 is 15.5 Å². The summed E-state index contributed by atoms with van der Waals surface area (Å²) in [5.74, 6) is -0.238. The number of anilines is 1. The van der Waals surface area contributed by atoms with E-state index in [0.717, 1.165) is 0 Å². The first kappa shape index (κ1) is 21.0. The van der Waals surface area contributed by atoms with Gasteiger partial charge in [0, 0.05) is 21.3 Å². The molecule has 5 nitrogen and oxygen atoms in total. The predicted molar refractivity (Wildman–Crippen MR) is 123 cm³/mol. The van der Waals surface area contributed by atoms with Crippen LogP contribution in [0, 0.1) is 0 Å². The van der Waals surface area contributed by atoms with Crippen LogP contribution in [-0.2, 0) is 4.79 Å². The molecule has 0 aliphatic carbocycles. The molecule has 4 rings (SSSR count). The maximum absolute atomic E-state index is 13.2. The molecule has 1 aromatic heterocycles. The molecule has 4 aromatic rings. The molecule has 1 atom stereocenters. The summed E-state index contributed by atoms with van der Waals surface area (Å²) >= 11 is 11.9. The first-order valence-corrected chi connectivity index (χ1v) is 10.2. The first-order valence-electron chi connectivity index (χ1n) is 9.47. The highest BCUT2D eigenvalue weighted by molar-refractivity contribution is 6.31. The summed E-state index contributed by atoms with van der Waals surface area (Å²) in [6, 6.07) is 20.6. The Morgan fingerprint density at radius 2 is 1.65 bits per heavy atom. The van der Waals surface area contributed by atoms with Gasteiger partial charge in [-0.1, -0.05) is 53.5 Å². The van der Waals surface area contributed by atoms with Crippen LogP contribution >= 0.6 is 23.2 Å². The van der Waals surface area contributed by atoms with Crippen LogP contribution in [0.2, 0.25) is 10.0 Å². The van der Waals surface area contributed by atoms with Crippen molar-refractivity contribution in [2.24, 2.45) is 0 Å². The van der Waals surface area contributed by atoms with E-state index in [9.17, 15) is 9.59 Å². The van der Waals surface area contributed by atoms with Crippen LogP contribution in [0.15, 0.2) is 82.0 Å². The van der Waals surface area contributed by atoms with Crippen molar-refractivity contribution in [3.8, 4) is 17.1 Å². The third-order valence-electron chi connectivity index (χ3n) is 4.62. The topological polar surface area (TPSA) is 68.5 Å². The molecule has 0 bridgehead atoms. The number of amides is 1. The van der Waals surface area contributed by atoms with Gasteiger partial charge in [0.15, 0.2) is 11.9 Å². The molecule has 1 heterocycles. The molecule has 7 heteroatoms. The van der Waals surface area contributed by atoms with Crippen molar-refractivity contribution in [1.82, 2.24) is 0 Å². The van der Waals surface area contributed by atoms with Gasteiger partial charge in [-0.05, 0) is 49.4 Å². The Balaban J connectivity index is 1.72. The lowest BCUT2D eigenvalue weighted by atomic mass is 10.1. The molecule has 0 radical (unpaired) electrons. The normalized spacial score (nSPS) is 11.8. The molecule has 31 heavy (non-hydrogen) atoms. The number of fused-ring (bicyclic) bond motifs is 1. The fourth-order valence-corrected chi connectivity index (χ4v) is 3.34. The highest BCUT2D eigenvalue weighted by atomic mass is 35.5. The van der Waals surface area contributed by atoms with Gasteiger partial charge in [0.2, 0.25) is 11.2 Å². The van der Waals surface area contributed by atoms with Crippen molar-refractivity contribution >= 4 is 45.8 Å². The molecule has 0 spiro atoms. The molecule has 0 saturated carbocycles. The van der Waals surface area contributed by atoms with Gasteiger partial charge in [-0.15, -0.1) is 0 Å². The molecular formula is C24H17Cl2NO4. The minimum Gasteiger partial charge on any atom is -0.473 e. The molecule has 156 valence electrons. The predicted octanol–water partition coefficient (Wildman–Crippen LogP) is 6.17. The number of nitrogens with one attached hydrogen (secondary N) is 1. The zero-order chi connectivity index (χ0) is 22.0. The molecule has 0 fully saturated rings. The smallest absolute Gasteiger partial charge is 0.265 e. The van der Waals surface area contributed by atoms with Crippen molar-refractivity contribution in [3.05, 3.63) is 93.1 Å². The largest absolute Gasteiger partial charge is 0.473 e. The van der Waals surface area contributed by atoms with E-state index in [1.165, 1.54) is 6.07 Å². The Morgan fingerprint density at radius 3 is 2.35 bits per heavy atom. The molecule has 0 aliphatic rings. The lowest BCUT2D eigenvalue weighted by Crippen LogP contribution is -2.31.